The van der Waals surface area contributed by atoms with E-state index in [-0.39, 0.29) is 0 Å². The van der Waals surface area contributed by atoms with Crippen LogP contribution in [0.1, 0.15) is 0 Å². The molecule has 0 bridgehead atoms. The molecule has 6 nitrogen and oxygen atoms in total. The van der Waals surface area contributed by atoms with Crippen molar-refractivity contribution >= 4 is 44.0 Å². The SMILES string of the molecule is CO[Si](CC[Si](C)(C)O[Si](C)(C)O[SiH](C)O[SiH](C)C)(OC)OC. The first-order chi connectivity index (χ1) is 10.4. The molecule has 0 aliphatic carbocycles. The van der Waals surface area contributed by atoms with Crippen molar-refractivity contribution in [3.63, 3.8) is 0 Å². The van der Waals surface area contributed by atoms with Crippen molar-refractivity contribution < 1.29 is 25.6 Å². The first-order valence-electron chi connectivity index (χ1n) is 8.10. The summed E-state index contributed by atoms with van der Waals surface area (Å²) in [6.07, 6.45) is 0. The topological polar surface area (TPSA) is 55.4 Å². The van der Waals surface area contributed by atoms with Gasteiger partial charge in [0, 0.05) is 27.4 Å². The molecule has 0 aromatic rings. The lowest BCUT2D eigenvalue weighted by molar-refractivity contribution is 0.124. The van der Waals surface area contributed by atoms with Crippen molar-refractivity contribution in [2.45, 2.75) is 57.9 Å². The Morgan fingerprint density at radius 2 is 1.26 bits per heavy atom. The van der Waals surface area contributed by atoms with Gasteiger partial charge in [-0.2, -0.15) is 0 Å². The number of hydrogen-bond donors (Lipinski definition) is 0. The minimum absolute atomic E-state index is 0.766. The van der Waals surface area contributed by atoms with Gasteiger partial charge in [-0.1, -0.05) is 0 Å². The molecule has 1 unspecified atom stereocenters. The first kappa shape index (κ1) is 23.8. The van der Waals surface area contributed by atoms with Crippen LogP contribution < -0.4 is 0 Å². The summed E-state index contributed by atoms with van der Waals surface area (Å²) in [5.41, 5.74) is 0. The molecule has 0 aliphatic rings. The van der Waals surface area contributed by atoms with Crippen molar-refractivity contribution in [3.05, 3.63) is 0 Å². The van der Waals surface area contributed by atoms with Crippen LogP contribution in [0.5, 0.6) is 0 Å². The third-order valence-corrected chi connectivity index (χ3v) is 19.6. The molecule has 0 radical (unpaired) electrons. The van der Waals surface area contributed by atoms with Crippen LogP contribution >= 0.6 is 0 Å². The summed E-state index contributed by atoms with van der Waals surface area (Å²) < 4.78 is 35.2. The van der Waals surface area contributed by atoms with Gasteiger partial charge < -0.3 is 25.6 Å². The minimum atomic E-state index is -2.54. The van der Waals surface area contributed by atoms with Crippen molar-refractivity contribution in [1.29, 1.82) is 0 Å². The fourth-order valence-electron chi connectivity index (χ4n) is 2.56. The molecule has 23 heavy (non-hydrogen) atoms. The van der Waals surface area contributed by atoms with Gasteiger partial charge >= 0.3 is 17.4 Å². The van der Waals surface area contributed by atoms with Gasteiger partial charge in [0.2, 0.25) is 0 Å². The summed E-state index contributed by atoms with van der Waals surface area (Å²) in [7, 11) is -4.31. The highest BCUT2D eigenvalue weighted by Gasteiger charge is 2.42. The molecule has 140 valence electrons. The van der Waals surface area contributed by atoms with Crippen LogP contribution in [0.15, 0.2) is 0 Å². The van der Waals surface area contributed by atoms with Gasteiger partial charge in [0.15, 0.2) is 17.4 Å². The van der Waals surface area contributed by atoms with Crippen LogP contribution in [0.25, 0.3) is 0 Å². The van der Waals surface area contributed by atoms with Crippen molar-refractivity contribution in [2.24, 2.45) is 0 Å². The van der Waals surface area contributed by atoms with Gasteiger partial charge in [-0.15, -0.1) is 0 Å². The Morgan fingerprint density at radius 1 is 0.783 bits per heavy atom. The number of hydrogen-bond acceptors (Lipinski definition) is 6. The average molecular weight is 417 g/mol. The molecular formula is C12H36O6Si5. The third kappa shape index (κ3) is 9.79. The summed E-state index contributed by atoms with van der Waals surface area (Å²) in [5, 5.41) is 0. The zero-order valence-electron chi connectivity index (χ0n) is 16.5. The van der Waals surface area contributed by atoms with E-state index < -0.39 is 44.0 Å². The standard InChI is InChI=1S/C12H36O6Si5/c1-13-23(14-2,15-3)12-11-21(7,8)18-22(9,10)17-20(6)16-19(4)5/h19-20H,11-12H2,1-10H3. The molecule has 0 aliphatic heterocycles. The molecule has 0 saturated heterocycles. The Morgan fingerprint density at radius 3 is 1.65 bits per heavy atom. The van der Waals surface area contributed by atoms with Gasteiger partial charge in [0.25, 0.3) is 9.28 Å². The van der Waals surface area contributed by atoms with Crippen molar-refractivity contribution in [3.8, 4) is 0 Å². The summed E-state index contributed by atoms with van der Waals surface area (Å²) in [5.74, 6) is 0. The molecule has 0 heterocycles. The molecular weight excluding hydrogens is 381 g/mol. The van der Waals surface area contributed by atoms with E-state index in [4.69, 9.17) is 25.6 Å². The minimum Gasteiger partial charge on any atom is -0.442 e. The second kappa shape index (κ2) is 10.1. The monoisotopic (exact) mass is 416 g/mol. The fourth-order valence-corrected chi connectivity index (χ4v) is 20.6. The maximum Gasteiger partial charge on any atom is 0.499 e. The first-order valence-corrected chi connectivity index (χ1v) is 20.8. The van der Waals surface area contributed by atoms with Crippen LogP contribution in [-0.2, 0) is 25.6 Å². The number of rotatable bonds is 12. The Kier molecular flexibility index (Phi) is 10.5. The van der Waals surface area contributed by atoms with Crippen LogP contribution in [0.4, 0.5) is 0 Å². The van der Waals surface area contributed by atoms with Gasteiger partial charge in [-0.05, 0) is 51.9 Å². The second-order valence-electron chi connectivity index (χ2n) is 6.93. The highest BCUT2D eigenvalue weighted by Crippen LogP contribution is 2.26. The van der Waals surface area contributed by atoms with E-state index in [1.807, 2.05) is 0 Å². The highest BCUT2D eigenvalue weighted by molar-refractivity contribution is 6.85. The van der Waals surface area contributed by atoms with Crippen LogP contribution in [0, 0.1) is 0 Å². The molecule has 0 saturated carbocycles. The lowest BCUT2D eigenvalue weighted by atomic mass is 10.9. The molecule has 0 amide bonds. The molecule has 11 heteroatoms. The molecule has 0 spiro atoms. The van der Waals surface area contributed by atoms with Crippen molar-refractivity contribution in [1.82, 2.24) is 0 Å². The predicted molar refractivity (Wildman–Crippen MR) is 107 cm³/mol. The van der Waals surface area contributed by atoms with E-state index in [0.717, 1.165) is 12.1 Å². The van der Waals surface area contributed by atoms with E-state index in [9.17, 15) is 0 Å². The quantitative estimate of drug-likeness (QED) is 0.456. The Balaban J connectivity index is 4.64. The van der Waals surface area contributed by atoms with Gasteiger partial charge in [-0.3, -0.25) is 0 Å². The normalized spacial score (nSPS) is 15.3. The van der Waals surface area contributed by atoms with Crippen molar-refractivity contribution in [2.75, 3.05) is 21.3 Å². The lowest BCUT2D eigenvalue weighted by Gasteiger charge is -2.36. The van der Waals surface area contributed by atoms with E-state index in [0.29, 0.717) is 0 Å². The van der Waals surface area contributed by atoms with E-state index in [2.05, 4.69) is 45.8 Å². The van der Waals surface area contributed by atoms with Gasteiger partial charge in [0.1, 0.15) is 0 Å². The molecule has 1 atom stereocenters. The average Bonchev–Trinajstić information content (AvgIpc) is 2.37. The zero-order valence-corrected chi connectivity index (χ0v) is 21.8. The smallest absolute Gasteiger partial charge is 0.442 e. The van der Waals surface area contributed by atoms with Crippen LogP contribution in [-0.4, -0.2) is 65.3 Å². The largest absolute Gasteiger partial charge is 0.499 e. The van der Waals surface area contributed by atoms with E-state index in [1.54, 1.807) is 21.3 Å². The Hall–Kier alpha value is 0.844. The third-order valence-electron chi connectivity index (χ3n) is 3.40. The molecule has 0 rings (SSSR count). The summed E-state index contributed by atoms with van der Waals surface area (Å²) >= 11 is 0. The zero-order chi connectivity index (χ0) is 18.3. The predicted octanol–water partition coefficient (Wildman–Crippen LogP) is 2.65. The second-order valence-corrected chi connectivity index (χ2v) is 22.9. The van der Waals surface area contributed by atoms with Gasteiger partial charge in [0.05, 0.1) is 0 Å². The highest BCUT2D eigenvalue weighted by atomic mass is 28.5. The fraction of sp³-hybridized carbons (Fsp3) is 1.00. The molecule has 0 aromatic carbocycles. The molecule has 0 N–H and O–H groups in total. The Labute approximate surface area is 149 Å². The summed E-state index contributed by atoms with van der Waals surface area (Å²) in [6, 6.07) is 1.69. The maximum atomic E-state index is 6.49. The van der Waals surface area contributed by atoms with E-state index in [1.165, 1.54) is 0 Å². The molecule has 0 fully saturated rings. The van der Waals surface area contributed by atoms with Gasteiger partial charge in [-0.25, -0.2) is 0 Å². The van der Waals surface area contributed by atoms with Crippen LogP contribution in [0.3, 0.4) is 0 Å². The van der Waals surface area contributed by atoms with E-state index >= 15 is 0 Å². The maximum absolute atomic E-state index is 6.49. The van der Waals surface area contributed by atoms with Crippen LogP contribution in [0.2, 0.25) is 57.9 Å². The lowest BCUT2D eigenvalue weighted by Crippen LogP contribution is -2.51. The summed E-state index contributed by atoms with van der Waals surface area (Å²) in [6.45, 7) is 15.1. The molecule has 0 aromatic heterocycles. The summed E-state index contributed by atoms with van der Waals surface area (Å²) in [4.78, 5) is 0. The Bertz CT molecular complexity index is 330.